The molecule has 2 N–H and O–H groups in total. The summed E-state index contributed by atoms with van der Waals surface area (Å²) in [6.07, 6.45) is 0. The molecule has 0 saturated heterocycles. The van der Waals surface area contributed by atoms with Gasteiger partial charge in [-0.05, 0) is 30.5 Å². The second-order valence-corrected chi connectivity index (χ2v) is 7.57. The molecule has 0 radical (unpaired) electrons. The molecule has 110 valence electrons. The minimum atomic E-state index is -3.56. The summed E-state index contributed by atoms with van der Waals surface area (Å²) in [4.78, 5) is 0. The first-order chi connectivity index (χ1) is 8.66. The summed E-state index contributed by atoms with van der Waals surface area (Å²) in [7, 11) is -1.78. The molecule has 6 heteroatoms. The fraction of sp³-hybridized carbons (Fsp3) is 0.692. The lowest BCUT2D eigenvalue weighted by molar-refractivity contribution is 0.262. The minimum absolute atomic E-state index is 0.0288. The molecule has 0 saturated carbocycles. The SMILES string of the molecule is CNCc1ccc(S(=O)(=O)NCC(C)C(C)(C)C)o1. The Kier molecular flexibility index (Phi) is 5.18. The van der Waals surface area contributed by atoms with E-state index in [2.05, 4.69) is 30.8 Å². The zero-order chi connectivity index (χ0) is 14.7. The Hall–Kier alpha value is -0.850. The van der Waals surface area contributed by atoms with E-state index in [0.29, 0.717) is 18.8 Å². The molecule has 0 amide bonds. The van der Waals surface area contributed by atoms with Crippen molar-refractivity contribution in [1.29, 1.82) is 0 Å². The number of furan rings is 1. The molecule has 5 nitrogen and oxygen atoms in total. The highest BCUT2D eigenvalue weighted by Crippen LogP contribution is 2.25. The van der Waals surface area contributed by atoms with Gasteiger partial charge in [-0.15, -0.1) is 0 Å². The van der Waals surface area contributed by atoms with Crippen LogP contribution in [-0.2, 0) is 16.6 Å². The zero-order valence-corrected chi connectivity index (χ0v) is 13.1. The third-order valence-electron chi connectivity index (χ3n) is 3.31. The number of sulfonamides is 1. The van der Waals surface area contributed by atoms with Crippen LogP contribution in [-0.4, -0.2) is 22.0 Å². The Morgan fingerprint density at radius 1 is 1.32 bits per heavy atom. The van der Waals surface area contributed by atoms with Crippen LogP contribution in [0.2, 0.25) is 0 Å². The van der Waals surface area contributed by atoms with E-state index < -0.39 is 10.0 Å². The first-order valence-corrected chi connectivity index (χ1v) is 7.88. The van der Waals surface area contributed by atoms with Crippen LogP contribution in [0.3, 0.4) is 0 Å². The van der Waals surface area contributed by atoms with Crippen molar-refractivity contribution in [3.63, 3.8) is 0 Å². The molecule has 1 atom stereocenters. The molecule has 19 heavy (non-hydrogen) atoms. The van der Waals surface area contributed by atoms with Gasteiger partial charge in [0, 0.05) is 6.54 Å². The molecule has 0 fully saturated rings. The Labute approximate surface area is 115 Å². The molecule has 1 aromatic heterocycles. The van der Waals surface area contributed by atoms with E-state index in [9.17, 15) is 8.42 Å². The predicted molar refractivity (Wildman–Crippen MR) is 75.3 cm³/mol. The van der Waals surface area contributed by atoms with Crippen LogP contribution in [0.25, 0.3) is 0 Å². The largest absolute Gasteiger partial charge is 0.447 e. The number of hydrogen-bond donors (Lipinski definition) is 2. The van der Waals surface area contributed by atoms with Gasteiger partial charge in [-0.25, -0.2) is 13.1 Å². The van der Waals surface area contributed by atoms with Gasteiger partial charge in [0.05, 0.1) is 6.54 Å². The lowest BCUT2D eigenvalue weighted by atomic mass is 9.82. The molecule has 1 aromatic rings. The fourth-order valence-electron chi connectivity index (χ4n) is 1.38. The molecular formula is C13H24N2O3S. The van der Waals surface area contributed by atoms with Crippen molar-refractivity contribution in [2.24, 2.45) is 11.3 Å². The van der Waals surface area contributed by atoms with Crippen LogP contribution in [0.15, 0.2) is 21.6 Å². The van der Waals surface area contributed by atoms with Crippen molar-refractivity contribution in [3.05, 3.63) is 17.9 Å². The van der Waals surface area contributed by atoms with Crippen LogP contribution in [0.5, 0.6) is 0 Å². The zero-order valence-electron chi connectivity index (χ0n) is 12.3. The molecule has 1 heterocycles. The normalized spacial score (nSPS) is 14.6. The van der Waals surface area contributed by atoms with Gasteiger partial charge in [-0.1, -0.05) is 27.7 Å². The van der Waals surface area contributed by atoms with E-state index in [-0.39, 0.29) is 16.4 Å². The molecule has 0 aliphatic rings. The maximum absolute atomic E-state index is 12.1. The van der Waals surface area contributed by atoms with E-state index in [1.165, 1.54) is 6.07 Å². The number of rotatable bonds is 6. The Morgan fingerprint density at radius 2 is 1.95 bits per heavy atom. The molecule has 0 bridgehead atoms. The highest BCUT2D eigenvalue weighted by molar-refractivity contribution is 7.89. The van der Waals surface area contributed by atoms with Gasteiger partial charge >= 0.3 is 0 Å². The van der Waals surface area contributed by atoms with Crippen molar-refractivity contribution in [2.45, 2.75) is 39.3 Å². The summed E-state index contributed by atoms with van der Waals surface area (Å²) in [5.74, 6) is 0.834. The average Bonchev–Trinajstić information content (AvgIpc) is 2.74. The molecule has 0 aliphatic carbocycles. The van der Waals surface area contributed by atoms with Gasteiger partial charge in [0.2, 0.25) is 5.09 Å². The molecule has 0 aromatic carbocycles. The summed E-state index contributed by atoms with van der Waals surface area (Å²) in [5.41, 5.74) is 0.0585. The standard InChI is InChI=1S/C13H24N2O3S/c1-10(13(2,3)4)8-15-19(16,17)12-7-6-11(18-12)9-14-5/h6-7,10,14-15H,8-9H2,1-5H3. The van der Waals surface area contributed by atoms with Crippen LogP contribution < -0.4 is 10.0 Å². The summed E-state index contributed by atoms with van der Waals surface area (Å²) in [6, 6.07) is 3.15. The van der Waals surface area contributed by atoms with Gasteiger partial charge in [0.25, 0.3) is 10.0 Å². The van der Waals surface area contributed by atoms with E-state index in [4.69, 9.17) is 4.42 Å². The van der Waals surface area contributed by atoms with E-state index in [1.807, 2.05) is 6.92 Å². The summed E-state index contributed by atoms with van der Waals surface area (Å²) in [6.45, 7) is 9.19. The second-order valence-electron chi connectivity index (χ2n) is 5.87. The Bertz CT molecular complexity index is 500. The summed E-state index contributed by atoms with van der Waals surface area (Å²) in [5, 5.41) is 2.88. The predicted octanol–water partition coefficient (Wildman–Crippen LogP) is 1.96. The van der Waals surface area contributed by atoms with E-state index in [1.54, 1.807) is 13.1 Å². The minimum Gasteiger partial charge on any atom is -0.447 e. The third kappa shape index (κ3) is 4.63. The van der Waals surface area contributed by atoms with Crippen LogP contribution in [0.1, 0.15) is 33.5 Å². The van der Waals surface area contributed by atoms with Gasteiger partial charge < -0.3 is 9.73 Å². The Balaban J connectivity index is 2.70. The van der Waals surface area contributed by atoms with Gasteiger partial charge in [-0.2, -0.15) is 0 Å². The van der Waals surface area contributed by atoms with Gasteiger partial charge in [-0.3, -0.25) is 0 Å². The highest BCUT2D eigenvalue weighted by atomic mass is 32.2. The first kappa shape index (κ1) is 16.2. The van der Waals surface area contributed by atoms with Crippen molar-refractivity contribution in [3.8, 4) is 0 Å². The molecule has 1 unspecified atom stereocenters. The van der Waals surface area contributed by atoms with Crippen molar-refractivity contribution in [2.75, 3.05) is 13.6 Å². The monoisotopic (exact) mass is 288 g/mol. The second kappa shape index (κ2) is 6.07. The summed E-state index contributed by atoms with van der Waals surface area (Å²) < 4.78 is 32.0. The topological polar surface area (TPSA) is 71.3 Å². The Morgan fingerprint density at radius 3 is 2.47 bits per heavy atom. The van der Waals surface area contributed by atoms with Crippen LogP contribution in [0.4, 0.5) is 0 Å². The maximum atomic E-state index is 12.1. The summed E-state index contributed by atoms with van der Waals surface area (Å²) >= 11 is 0. The number of hydrogen-bond acceptors (Lipinski definition) is 4. The quantitative estimate of drug-likeness (QED) is 0.839. The van der Waals surface area contributed by atoms with Crippen molar-refractivity contribution < 1.29 is 12.8 Å². The molecular weight excluding hydrogens is 264 g/mol. The van der Waals surface area contributed by atoms with E-state index >= 15 is 0 Å². The highest BCUT2D eigenvalue weighted by Gasteiger charge is 2.24. The van der Waals surface area contributed by atoms with Crippen LogP contribution in [0, 0.1) is 11.3 Å². The molecule has 0 aliphatic heterocycles. The van der Waals surface area contributed by atoms with E-state index in [0.717, 1.165) is 0 Å². The lowest BCUT2D eigenvalue weighted by Gasteiger charge is -2.27. The van der Waals surface area contributed by atoms with Crippen molar-refractivity contribution in [1.82, 2.24) is 10.0 Å². The maximum Gasteiger partial charge on any atom is 0.273 e. The van der Waals surface area contributed by atoms with Gasteiger partial charge in [0.1, 0.15) is 5.76 Å². The smallest absolute Gasteiger partial charge is 0.273 e. The molecule has 0 spiro atoms. The van der Waals surface area contributed by atoms with Gasteiger partial charge in [0.15, 0.2) is 0 Å². The fourth-order valence-corrected chi connectivity index (χ4v) is 2.46. The molecule has 1 rings (SSSR count). The lowest BCUT2D eigenvalue weighted by Crippen LogP contribution is -2.33. The number of nitrogens with one attached hydrogen (secondary N) is 2. The van der Waals surface area contributed by atoms with Crippen molar-refractivity contribution >= 4 is 10.0 Å². The van der Waals surface area contributed by atoms with Crippen LogP contribution >= 0.6 is 0 Å². The first-order valence-electron chi connectivity index (χ1n) is 6.40. The third-order valence-corrected chi connectivity index (χ3v) is 4.61. The average molecular weight is 288 g/mol.